The molecule has 0 radical (unpaired) electrons. The van der Waals surface area contributed by atoms with E-state index < -0.39 is 16.1 Å². The van der Waals surface area contributed by atoms with Crippen molar-refractivity contribution in [2.24, 2.45) is 0 Å². The van der Waals surface area contributed by atoms with Gasteiger partial charge in [0.15, 0.2) is 0 Å². The number of pyridine rings is 2. The molecule has 9 aromatic rings. The number of aromatic nitrogens is 4. The highest BCUT2D eigenvalue weighted by Crippen LogP contribution is 2.45. The molecular weight excluding hydrogens is 761 g/mol. The van der Waals surface area contributed by atoms with E-state index in [1.54, 1.807) is 0 Å². The summed E-state index contributed by atoms with van der Waals surface area (Å²) < 4.78 is 4.93. The second-order valence-corrected chi connectivity index (χ2v) is 29.2. The molecule has 0 atom stereocenters. The highest BCUT2D eigenvalue weighted by Gasteiger charge is 2.27. The lowest BCUT2D eigenvalue weighted by atomic mass is 9.83. The summed E-state index contributed by atoms with van der Waals surface area (Å²) in [5.41, 5.74) is 19.5. The van der Waals surface area contributed by atoms with E-state index in [0.29, 0.717) is 0 Å². The first-order valence-corrected chi connectivity index (χ1v) is 28.5. The average Bonchev–Trinajstić information content (AvgIpc) is 3.76. The van der Waals surface area contributed by atoms with Crippen molar-refractivity contribution in [3.05, 3.63) is 168 Å². The monoisotopic (exact) mass is 810 g/mol. The number of benzene rings is 5. The molecule has 0 saturated carbocycles. The topological polar surface area (TPSA) is 35.6 Å². The van der Waals surface area contributed by atoms with E-state index in [9.17, 15) is 0 Å². The molecular formula is C54H50N4Si2. The molecule has 0 fully saturated rings. The molecule has 0 N–H and O–H groups in total. The Labute approximate surface area is 354 Å². The molecule has 11 rings (SSSR count). The van der Waals surface area contributed by atoms with E-state index >= 15 is 0 Å². The van der Waals surface area contributed by atoms with Crippen molar-refractivity contribution in [1.82, 2.24) is 19.1 Å². The second-order valence-electron chi connectivity index (χ2n) is 19.1. The van der Waals surface area contributed by atoms with Crippen LogP contribution in [0.4, 0.5) is 0 Å². The Balaban J connectivity index is 1.12. The minimum absolute atomic E-state index is 0.986. The van der Waals surface area contributed by atoms with Gasteiger partial charge in [-0.05, 0) is 137 Å². The molecule has 60 heavy (non-hydrogen) atoms. The highest BCUT2D eigenvalue weighted by atomic mass is 28.3. The maximum Gasteiger partial charge on any atom is 0.0776 e. The van der Waals surface area contributed by atoms with Crippen molar-refractivity contribution in [3.8, 4) is 33.6 Å². The third-order valence-electron chi connectivity index (χ3n) is 13.2. The molecule has 0 aliphatic heterocycles. The Bertz CT molecular complexity index is 3210. The summed E-state index contributed by atoms with van der Waals surface area (Å²) in [6.07, 6.45) is 14.3. The lowest BCUT2D eigenvalue weighted by Gasteiger charge is -2.21. The number of fused-ring (bicyclic) bond motifs is 9. The van der Waals surface area contributed by atoms with E-state index in [0.717, 1.165) is 37.1 Å². The van der Waals surface area contributed by atoms with Crippen LogP contribution in [0.2, 0.25) is 39.3 Å². The van der Waals surface area contributed by atoms with Crippen LogP contribution in [0.15, 0.2) is 140 Å². The third kappa shape index (κ3) is 6.07. The van der Waals surface area contributed by atoms with E-state index in [1.165, 1.54) is 98.9 Å². The largest absolute Gasteiger partial charge is 0.311 e. The van der Waals surface area contributed by atoms with Gasteiger partial charge in [0.2, 0.25) is 0 Å². The van der Waals surface area contributed by atoms with Gasteiger partial charge in [0.05, 0.1) is 56.5 Å². The van der Waals surface area contributed by atoms with Crippen LogP contribution in [0.25, 0.3) is 78.0 Å². The van der Waals surface area contributed by atoms with Crippen LogP contribution in [0.3, 0.4) is 0 Å². The lowest BCUT2D eigenvalue weighted by molar-refractivity contribution is 0.894. The van der Waals surface area contributed by atoms with Gasteiger partial charge in [-0.25, -0.2) is 0 Å². The molecule has 2 aliphatic rings. The fraction of sp³-hybridized carbons (Fsp3) is 0.185. The summed E-state index contributed by atoms with van der Waals surface area (Å²) in [5.74, 6) is 0. The lowest BCUT2D eigenvalue weighted by Crippen LogP contribution is -2.37. The van der Waals surface area contributed by atoms with E-state index in [4.69, 9.17) is 0 Å². The van der Waals surface area contributed by atoms with Gasteiger partial charge >= 0.3 is 0 Å². The number of hydrogen-bond donors (Lipinski definition) is 0. The molecule has 4 aromatic heterocycles. The van der Waals surface area contributed by atoms with Crippen molar-refractivity contribution < 1.29 is 0 Å². The number of aryl methyl sites for hydroxylation is 2. The van der Waals surface area contributed by atoms with Crippen LogP contribution in [0.1, 0.15) is 34.4 Å². The predicted octanol–water partition coefficient (Wildman–Crippen LogP) is 12.5. The van der Waals surface area contributed by atoms with E-state index in [1.807, 2.05) is 30.9 Å². The molecule has 2 aliphatic carbocycles. The molecule has 4 heterocycles. The molecule has 0 spiro atoms. The van der Waals surface area contributed by atoms with Gasteiger partial charge < -0.3 is 9.13 Å². The van der Waals surface area contributed by atoms with Gasteiger partial charge in [0, 0.05) is 39.8 Å². The molecule has 6 heteroatoms. The van der Waals surface area contributed by atoms with Gasteiger partial charge in [0.25, 0.3) is 0 Å². The first kappa shape index (κ1) is 37.0. The zero-order valence-corrected chi connectivity index (χ0v) is 37.5. The predicted molar refractivity (Wildman–Crippen MR) is 260 cm³/mol. The minimum Gasteiger partial charge on any atom is -0.311 e. The number of allylic oxidation sites excluding steroid dienone is 1. The maximum absolute atomic E-state index is 4.61. The summed E-state index contributed by atoms with van der Waals surface area (Å²) in [6.45, 7) is 14.6. The quantitative estimate of drug-likeness (QED) is 0.157. The van der Waals surface area contributed by atoms with Crippen LogP contribution in [0.5, 0.6) is 0 Å². The van der Waals surface area contributed by atoms with Crippen LogP contribution in [0, 0.1) is 0 Å². The molecule has 0 saturated heterocycles. The second kappa shape index (κ2) is 13.7. The van der Waals surface area contributed by atoms with Crippen LogP contribution in [-0.2, 0) is 19.3 Å². The molecule has 0 unspecified atom stereocenters. The summed E-state index contributed by atoms with van der Waals surface area (Å²) in [6, 6.07) is 44.2. The Morgan fingerprint density at radius 3 is 1.67 bits per heavy atom. The summed E-state index contributed by atoms with van der Waals surface area (Å²) in [7, 11) is -2.91. The molecule has 294 valence electrons. The molecule has 0 amide bonds. The van der Waals surface area contributed by atoms with Gasteiger partial charge in [-0.1, -0.05) is 104 Å². The van der Waals surface area contributed by atoms with Crippen LogP contribution < -0.4 is 10.4 Å². The summed E-state index contributed by atoms with van der Waals surface area (Å²) in [4.78, 5) is 9.20. The van der Waals surface area contributed by atoms with Crippen LogP contribution >= 0.6 is 0 Å². The summed E-state index contributed by atoms with van der Waals surface area (Å²) >= 11 is 0. The smallest absolute Gasteiger partial charge is 0.0776 e. The fourth-order valence-electron chi connectivity index (χ4n) is 9.96. The Kier molecular flexibility index (Phi) is 8.46. The summed E-state index contributed by atoms with van der Waals surface area (Å²) in [5, 5.41) is 6.92. The average molecular weight is 811 g/mol. The van der Waals surface area contributed by atoms with Gasteiger partial charge in [-0.15, -0.1) is 0 Å². The highest BCUT2D eigenvalue weighted by molar-refractivity contribution is 6.89. The Hall–Kier alpha value is -6.09. The molecule has 0 bridgehead atoms. The van der Waals surface area contributed by atoms with Gasteiger partial charge in [-0.2, -0.15) is 0 Å². The van der Waals surface area contributed by atoms with E-state index in [2.05, 4.69) is 174 Å². The molecule has 4 nitrogen and oxygen atoms in total. The standard InChI is InChI=1S/C54H50N4Si2/c1-59(2,3)43-15-7-11-35(25-43)37-19-21-51-47(27-37)49-29-39-17-18-40-30-50-48-28-38(36-12-8-16-44(26-36)60(4,5)6)20-22-52(48)58(42-14-10-24-56-34-42)54(50)32-46(40)45(39)31-53(49)57(51)41-13-9-23-55-33-41/h7-16,19,21,23-34H,17-18,20,22H2,1-6H3. The van der Waals surface area contributed by atoms with Gasteiger partial charge in [-0.3, -0.25) is 9.97 Å². The van der Waals surface area contributed by atoms with Crippen molar-refractivity contribution >= 4 is 70.9 Å². The first-order chi connectivity index (χ1) is 29.0. The Morgan fingerprint density at radius 1 is 0.467 bits per heavy atom. The third-order valence-corrected chi connectivity index (χ3v) is 17.3. The zero-order valence-electron chi connectivity index (χ0n) is 35.5. The fourth-order valence-corrected chi connectivity index (χ4v) is 12.3. The van der Waals surface area contributed by atoms with Crippen molar-refractivity contribution in [3.63, 3.8) is 0 Å². The number of rotatable bonds is 6. The Morgan fingerprint density at radius 2 is 1.03 bits per heavy atom. The van der Waals surface area contributed by atoms with Crippen molar-refractivity contribution in [1.29, 1.82) is 0 Å². The van der Waals surface area contributed by atoms with E-state index in [-0.39, 0.29) is 0 Å². The van der Waals surface area contributed by atoms with Crippen molar-refractivity contribution in [2.75, 3.05) is 0 Å². The van der Waals surface area contributed by atoms with Crippen molar-refractivity contribution in [2.45, 2.75) is 65.0 Å². The SMILES string of the molecule is C[Si](C)(C)c1cccc(C2=Cc3c(n(-c4cccnc4)c4cc5c(cc34)CCc3cc4c6cc(-c7cccc([Si](C)(C)C)c7)ccc6n(-c6cccnc6)c4cc3-5)CC2)c1. The first-order valence-electron chi connectivity index (χ1n) is 21.5. The van der Waals surface area contributed by atoms with Gasteiger partial charge in [0.1, 0.15) is 0 Å². The normalized spacial score (nSPS) is 14.0. The minimum atomic E-state index is -1.47. The van der Waals surface area contributed by atoms with Crippen LogP contribution in [-0.4, -0.2) is 35.2 Å². The number of nitrogens with zero attached hydrogens (tertiary/aromatic N) is 4. The number of hydrogen-bond acceptors (Lipinski definition) is 2. The molecule has 5 aromatic carbocycles. The maximum atomic E-state index is 4.61. The zero-order chi connectivity index (χ0) is 40.9.